The molecule has 1 aromatic carbocycles. The highest BCUT2D eigenvalue weighted by molar-refractivity contribution is 7.94. The average Bonchev–Trinajstić information content (AvgIpc) is 3.25. The van der Waals surface area contributed by atoms with Gasteiger partial charge in [-0.25, -0.2) is 17.2 Å². The van der Waals surface area contributed by atoms with E-state index >= 15 is 0 Å². The molecular weight excluding hydrogens is 561 g/mol. The van der Waals surface area contributed by atoms with Gasteiger partial charge in [-0.3, -0.25) is 14.4 Å². The van der Waals surface area contributed by atoms with E-state index < -0.39 is 69.1 Å². The SMILES string of the molecule is CS(=O)(=O)/C(F)=C\[C@H](C[C@@H]1CCNC1=O)NC(=O)[C@H]1[C@@H]2CC[C@@H](CC2(F)F)N1C(=O)CNc1cccc(Cl)c1. The van der Waals surface area contributed by atoms with Gasteiger partial charge in [-0.2, -0.15) is 4.39 Å². The number of rotatable bonds is 9. The van der Waals surface area contributed by atoms with Crippen molar-refractivity contribution >= 4 is 44.8 Å². The van der Waals surface area contributed by atoms with E-state index in [1.165, 1.54) is 0 Å². The van der Waals surface area contributed by atoms with Gasteiger partial charge in [0.2, 0.25) is 32.7 Å². The van der Waals surface area contributed by atoms with Crippen LogP contribution in [0.15, 0.2) is 35.5 Å². The normalized spacial score (nSPS) is 27.2. The molecule has 0 aromatic heterocycles. The van der Waals surface area contributed by atoms with Crippen LogP contribution in [0.3, 0.4) is 0 Å². The number of nitrogens with zero attached hydrogens (tertiary/aromatic N) is 1. The standard InChI is InChI=1S/C25H30ClF3N4O5S/c1-39(37,38)20(27)11-17(9-14-7-8-30-23(14)35)32-24(36)22-19-6-5-18(12-25(19,28)29)33(22)21(34)13-31-16-4-2-3-15(26)10-16/h2-4,10-11,14,17-19,22,31H,5-9,12-13H2,1H3,(H,30,35)(H,32,36)/b20-11-/t14-,17-,18-,19-,22+/m0/s1. The quantitative estimate of drug-likeness (QED) is 0.406. The number of alkyl halides is 2. The van der Waals surface area contributed by atoms with Crippen molar-refractivity contribution in [3.63, 3.8) is 0 Å². The summed E-state index contributed by atoms with van der Waals surface area (Å²) in [5.74, 6) is -7.20. The van der Waals surface area contributed by atoms with Crippen LogP contribution in [0, 0.1) is 11.8 Å². The highest BCUT2D eigenvalue weighted by Crippen LogP contribution is 2.49. The van der Waals surface area contributed by atoms with Gasteiger partial charge >= 0.3 is 0 Å². The van der Waals surface area contributed by atoms with Gasteiger partial charge in [0.1, 0.15) is 6.04 Å². The van der Waals surface area contributed by atoms with E-state index in [2.05, 4.69) is 16.0 Å². The minimum Gasteiger partial charge on any atom is -0.376 e. The fraction of sp³-hybridized carbons (Fsp3) is 0.560. The number of amides is 3. The Hall–Kier alpha value is -2.80. The lowest BCUT2D eigenvalue weighted by atomic mass is 9.71. The van der Waals surface area contributed by atoms with Crippen LogP contribution in [0.5, 0.6) is 0 Å². The third kappa shape index (κ3) is 6.68. The van der Waals surface area contributed by atoms with Gasteiger partial charge < -0.3 is 20.9 Å². The molecule has 1 aromatic rings. The van der Waals surface area contributed by atoms with Crippen LogP contribution in [-0.2, 0) is 24.2 Å². The fourth-order valence-electron chi connectivity index (χ4n) is 5.63. The maximum atomic E-state index is 15.0. The van der Waals surface area contributed by atoms with Crippen molar-refractivity contribution in [2.45, 2.75) is 56.2 Å². The number of carbonyl (C=O) groups excluding carboxylic acids is 3. The molecule has 4 fully saturated rings. The number of hydrogen-bond acceptors (Lipinski definition) is 6. The second-order valence-corrected chi connectivity index (χ2v) is 12.7. The van der Waals surface area contributed by atoms with Crippen LogP contribution in [0.25, 0.3) is 0 Å². The molecule has 214 valence electrons. The van der Waals surface area contributed by atoms with Crippen LogP contribution in [0.2, 0.25) is 5.02 Å². The first-order valence-corrected chi connectivity index (χ1v) is 14.9. The molecule has 0 spiro atoms. The number of benzene rings is 1. The summed E-state index contributed by atoms with van der Waals surface area (Å²) in [6.07, 6.45) is 1.27. The van der Waals surface area contributed by atoms with Crippen LogP contribution < -0.4 is 16.0 Å². The summed E-state index contributed by atoms with van der Waals surface area (Å²) < 4.78 is 67.7. The van der Waals surface area contributed by atoms with Crippen molar-refractivity contribution in [2.24, 2.45) is 11.8 Å². The first-order valence-electron chi connectivity index (χ1n) is 12.6. The average molecular weight is 591 g/mol. The Kier molecular flexibility index (Phi) is 8.50. The van der Waals surface area contributed by atoms with E-state index in [9.17, 15) is 36.0 Å². The number of carbonyl (C=O) groups is 3. The van der Waals surface area contributed by atoms with Crippen LogP contribution >= 0.6 is 11.6 Å². The van der Waals surface area contributed by atoms with Crippen LogP contribution in [-0.4, -0.2) is 74.4 Å². The first-order chi connectivity index (χ1) is 18.3. The zero-order valence-corrected chi connectivity index (χ0v) is 22.7. The minimum absolute atomic E-state index is 0.00446. The van der Waals surface area contributed by atoms with E-state index in [0.717, 1.165) is 4.90 Å². The molecule has 0 radical (unpaired) electrons. The number of sulfone groups is 1. The van der Waals surface area contributed by atoms with Crippen molar-refractivity contribution < 1.29 is 36.0 Å². The van der Waals surface area contributed by atoms with Crippen LogP contribution in [0.1, 0.15) is 32.1 Å². The smallest absolute Gasteiger partial charge is 0.255 e. The van der Waals surface area contributed by atoms with Crippen molar-refractivity contribution in [1.82, 2.24) is 15.5 Å². The summed E-state index contributed by atoms with van der Waals surface area (Å²) in [5, 5.41) is 6.88. The van der Waals surface area contributed by atoms with E-state index in [0.29, 0.717) is 42.4 Å². The maximum Gasteiger partial charge on any atom is 0.255 e. The summed E-state index contributed by atoms with van der Waals surface area (Å²) in [5.41, 5.74) is 0.528. The van der Waals surface area contributed by atoms with Crippen molar-refractivity contribution in [3.05, 3.63) is 40.5 Å². The fourth-order valence-corrected chi connectivity index (χ4v) is 6.23. The summed E-state index contributed by atoms with van der Waals surface area (Å²) in [6.45, 7) is 0.0795. The second kappa shape index (κ2) is 11.4. The lowest BCUT2D eigenvalue weighted by Gasteiger charge is -2.53. The predicted molar refractivity (Wildman–Crippen MR) is 138 cm³/mol. The number of fused-ring (bicyclic) bond motifs is 3. The molecule has 1 saturated carbocycles. The summed E-state index contributed by atoms with van der Waals surface area (Å²) in [7, 11) is -4.25. The molecule has 2 bridgehead atoms. The minimum atomic E-state index is -4.25. The third-order valence-corrected chi connectivity index (χ3v) is 8.56. The second-order valence-electron chi connectivity index (χ2n) is 10.3. The van der Waals surface area contributed by atoms with Crippen molar-refractivity contribution in [2.75, 3.05) is 24.7 Å². The largest absolute Gasteiger partial charge is 0.376 e. The molecule has 5 atom stereocenters. The van der Waals surface area contributed by atoms with E-state index in [1.54, 1.807) is 24.3 Å². The Morgan fingerprint density at radius 2 is 2.03 bits per heavy atom. The number of nitrogens with one attached hydrogen (secondary N) is 3. The highest BCUT2D eigenvalue weighted by Gasteiger charge is 2.60. The van der Waals surface area contributed by atoms with E-state index in [4.69, 9.17) is 11.6 Å². The number of halogens is 4. The molecule has 3 amide bonds. The molecule has 5 rings (SSSR count). The number of hydrogen-bond donors (Lipinski definition) is 3. The Morgan fingerprint density at radius 1 is 1.28 bits per heavy atom. The Bertz CT molecular complexity index is 1280. The lowest BCUT2D eigenvalue weighted by molar-refractivity contribution is -0.193. The molecule has 4 aliphatic rings. The number of anilines is 1. The lowest BCUT2D eigenvalue weighted by Crippen LogP contribution is -2.69. The van der Waals surface area contributed by atoms with Gasteiger partial charge in [0.15, 0.2) is 0 Å². The highest BCUT2D eigenvalue weighted by atomic mass is 35.5. The molecule has 39 heavy (non-hydrogen) atoms. The van der Waals surface area contributed by atoms with Gasteiger partial charge in [-0.15, -0.1) is 0 Å². The molecule has 3 heterocycles. The molecule has 14 heteroatoms. The predicted octanol–water partition coefficient (Wildman–Crippen LogP) is 2.63. The Labute approximate surface area is 229 Å². The van der Waals surface area contributed by atoms with Gasteiger partial charge in [0.25, 0.3) is 5.92 Å². The maximum absolute atomic E-state index is 15.0. The topological polar surface area (TPSA) is 125 Å². The Morgan fingerprint density at radius 3 is 2.64 bits per heavy atom. The van der Waals surface area contributed by atoms with E-state index in [1.807, 2.05) is 0 Å². The summed E-state index contributed by atoms with van der Waals surface area (Å²) in [6, 6.07) is 2.84. The zero-order valence-electron chi connectivity index (χ0n) is 21.1. The third-order valence-electron chi connectivity index (χ3n) is 7.48. The molecule has 9 nitrogen and oxygen atoms in total. The number of piperidine rings is 2. The zero-order chi connectivity index (χ0) is 28.5. The van der Waals surface area contributed by atoms with Gasteiger partial charge in [0, 0.05) is 41.9 Å². The van der Waals surface area contributed by atoms with Crippen LogP contribution in [0.4, 0.5) is 18.9 Å². The molecule has 3 aliphatic heterocycles. The van der Waals surface area contributed by atoms with Crippen molar-refractivity contribution in [3.8, 4) is 0 Å². The molecule has 1 aliphatic carbocycles. The van der Waals surface area contributed by atoms with Gasteiger partial charge in [-0.1, -0.05) is 17.7 Å². The van der Waals surface area contributed by atoms with Gasteiger partial charge in [0.05, 0.1) is 18.5 Å². The molecule has 3 N–H and O–H groups in total. The molecule has 3 saturated heterocycles. The van der Waals surface area contributed by atoms with Gasteiger partial charge in [-0.05, 0) is 50.0 Å². The molecule has 0 unspecified atom stereocenters. The molecular formula is C25H30ClF3N4O5S. The van der Waals surface area contributed by atoms with Crippen molar-refractivity contribution in [1.29, 1.82) is 0 Å². The van der Waals surface area contributed by atoms with E-state index in [-0.39, 0.29) is 25.3 Å². The monoisotopic (exact) mass is 590 g/mol. The Balaban J connectivity index is 1.58. The summed E-state index contributed by atoms with van der Waals surface area (Å²) in [4.78, 5) is 40.1. The first kappa shape index (κ1) is 29.2. The summed E-state index contributed by atoms with van der Waals surface area (Å²) >= 11 is 5.97.